The maximum Gasteiger partial charge on any atom is 0.407 e. The second kappa shape index (κ2) is 18.1. The average molecular weight is 476 g/mol. The molecule has 0 saturated carbocycles. The van der Waals surface area contributed by atoms with Gasteiger partial charge in [0.1, 0.15) is 6.10 Å². The van der Waals surface area contributed by atoms with Crippen LogP contribution in [0.1, 0.15) is 76.7 Å². The lowest BCUT2D eigenvalue weighted by Gasteiger charge is -2.31. The fraction of sp³-hybridized carbons (Fsp3) is 0.704. The highest BCUT2D eigenvalue weighted by Gasteiger charge is 2.22. The topological polar surface area (TPSA) is 72.4 Å². The second-order valence-electron chi connectivity index (χ2n) is 8.97. The summed E-state index contributed by atoms with van der Waals surface area (Å²) in [7, 11) is 1.62. The monoisotopic (exact) mass is 475 g/mol. The van der Waals surface area contributed by atoms with Crippen molar-refractivity contribution in [3.63, 3.8) is 0 Å². The number of aliphatic imine (C=N–C) groups is 1. The van der Waals surface area contributed by atoms with Crippen LogP contribution in [0.3, 0.4) is 0 Å². The van der Waals surface area contributed by atoms with Crippen LogP contribution in [0.4, 0.5) is 4.79 Å². The van der Waals surface area contributed by atoms with Crippen molar-refractivity contribution in [2.45, 2.75) is 83.8 Å². The predicted molar refractivity (Wildman–Crippen MR) is 137 cm³/mol. The number of carbonyl (C=O) groups excluding carboxylic acids is 1. The van der Waals surface area contributed by atoms with Crippen molar-refractivity contribution >= 4 is 12.2 Å². The van der Waals surface area contributed by atoms with E-state index in [4.69, 9.17) is 14.2 Å². The maximum atomic E-state index is 11.6. The van der Waals surface area contributed by atoms with Gasteiger partial charge in [0.15, 0.2) is 0 Å². The van der Waals surface area contributed by atoms with Gasteiger partial charge in [-0.2, -0.15) is 0 Å². The molecule has 34 heavy (non-hydrogen) atoms. The molecule has 7 heteroatoms. The lowest BCUT2D eigenvalue weighted by Crippen LogP contribution is -2.37. The Bertz CT molecular complexity index is 676. The number of hydrogen-bond donors (Lipinski definition) is 1. The Kier molecular flexibility index (Phi) is 14.9. The Morgan fingerprint density at radius 1 is 1.03 bits per heavy atom. The van der Waals surface area contributed by atoms with Gasteiger partial charge in [-0.25, -0.2) is 9.79 Å². The number of methoxy groups -OCH3 is 1. The summed E-state index contributed by atoms with van der Waals surface area (Å²) in [6.07, 6.45) is 10.7. The molecule has 0 spiro atoms. The minimum absolute atomic E-state index is 0.167. The van der Waals surface area contributed by atoms with Gasteiger partial charge in [-0.1, -0.05) is 62.9 Å². The minimum Gasteiger partial charge on any atom is -0.454 e. The van der Waals surface area contributed by atoms with E-state index in [0.717, 1.165) is 71.0 Å². The van der Waals surface area contributed by atoms with Gasteiger partial charge in [0, 0.05) is 32.7 Å². The van der Waals surface area contributed by atoms with Crippen LogP contribution in [-0.4, -0.2) is 63.1 Å². The Morgan fingerprint density at radius 3 is 2.50 bits per heavy atom. The van der Waals surface area contributed by atoms with Gasteiger partial charge in [0.05, 0.1) is 13.7 Å². The molecule has 1 saturated heterocycles. The quantitative estimate of drug-likeness (QED) is 0.205. The SMILES string of the molecule is CCCCCCNC(=O)OCCCCCCN=C(OC)OC1CCN(Cc2ccccc2)CC1. The molecular weight excluding hydrogens is 430 g/mol. The van der Waals surface area contributed by atoms with E-state index >= 15 is 0 Å². The van der Waals surface area contributed by atoms with Crippen molar-refractivity contribution in [1.82, 2.24) is 10.2 Å². The van der Waals surface area contributed by atoms with E-state index < -0.39 is 0 Å². The highest BCUT2D eigenvalue weighted by atomic mass is 16.7. The number of alkyl carbamates (subject to hydrolysis) is 1. The number of carbonyl (C=O) groups is 1. The predicted octanol–water partition coefficient (Wildman–Crippen LogP) is 5.54. The van der Waals surface area contributed by atoms with E-state index in [2.05, 4.69) is 52.5 Å². The van der Waals surface area contributed by atoms with Gasteiger partial charge in [-0.15, -0.1) is 0 Å². The molecule has 2 rings (SSSR count). The van der Waals surface area contributed by atoms with Crippen molar-refractivity contribution < 1.29 is 19.0 Å². The van der Waals surface area contributed by atoms with Gasteiger partial charge in [0.2, 0.25) is 0 Å². The third-order valence-electron chi connectivity index (χ3n) is 6.05. The zero-order valence-electron chi connectivity index (χ0n) is 21.3. The van der Waals surface area contributed by atoms with Crippen LogP contribution >= 0.6 is 0 Å². The summed E-state index contributed by atoms with van der Waals surface area (Å²) in [6, 6.07) is 10.6. The number of nitrogens with one attached hydrogen (secondary N) is 1. The number of benzene rings is 1. The molecular formula is C27H45N3O4. The third-order valence-corrected chi connectivity index (χ3v) is 6.05. The van der Waals surface area contributed by atoms with E-state index in [9.17, 15) is 4.79 Å². The Labute approximate surface area is 206 Å². The van der Waals surface area contributed by atoms with Crippen LogP contribution in [0.25, 0.3) is 0 Å². The average Bonchev–Trinajstić information content (AvgIpc) is 2.86. The fourth-order valence-electron chi connectivity index (χ4n) is 4.02. The molecule has 0 bridgehead atoms. The number of amides is 1. The van der Waals surface area contributed by atoms with Crippen molar-refractivity contribution in [3.8, 4) is 0 Å². The molecule has 0 aromatic heterocycles. The van der Waals surface area contributed by atoms with E-state index in [-0.39, 0.29) is 12.2 Å². The number of unbranched alkanes of at least 4 members (excludes halogenated alkanes) is 6. The van der Waals surface area contributed by atoms with Crippen LogP contribution < -0.4 is 5.32 Å². The number of rotatable bonds is 15. The standard InChI is InChI=1S/C27H45N3O4/c1-3-4-5-11-18-28-26(31)33-22-13-7-6-12-19-29-27(32-2)34-25-16-20-30(21-17-25)23-24-14-9-8-10-15-24/h8-10,14-15,25H,3-7,11-13,16-23H2,1-2H3,(H,28,31). The van der Waals surface area contributed by atoms with Gasteiger partial charge in [0.25, 0.3) is 0 Å². The van der Waals surface area contributed by atoms with Gasteiger partial charge in [-0.3, -0.25) is 4.90 Å². The molecule has 0 aliphatic carbocycles. The molecule has 1 amide bonds. The molecule has 1 aliphatic heterocycles. The van der Waals surface area contributed by atoms with E-state index in [1.165, 1.54) is 18.4 Å². The fourth-order valence-corrected chi connectivity index (χ4v) is 4.02. The number of hydrogen-bond acceptors (Lipinski definition) is 6. The first kappa shape index (κ1) is 28.0. The van der Waals surface area contributed by atoms with Crippen molar-refractivity contribution in [3.05, 3.63) is 35.9 Å². The first-order chi connectivity index (χ1) is 16.7. The number of nitrogens with zero attached hydrogens (tertiary/aromatic N) is 2. The lowest BCUT2D eigenvalue weighted by atomic mass is 10.1. The summed E-state index contributed by atoms with van der Waals surface area (Å²) in [6.45, 7) is 7.08. The molecule has 192 valence electrons. The zero-order chi connectivity index (χ0) is 24.3. The second-order valence-corrected chi connectivity index (χ2v) is 8.97. The molecule has 0 radical (unpaired) electrons. The normalized spacial score (nSPS) is 15.2. The Morgan fingerprint density at radius 2 is 1.76 bits per heavy atom. The summed E-state index contributed by atoms with van der Waals surface area (Å²) >= 11 is 0. The summed E-state index contributed by atoms with van der Waals surface area (Å²) in [5.41, 5.74) is 1.36. The van der Waals surface area contributed by atoms with Gasteiger partial charge >= 0.3 is 12.2 Å². The van der Waals surface area contributed by atoms with E-state index in [1.54, 1.807) is 7.11 Å². The van der Waals surface area contributed by atoms with E-state index in [1.807, 2.05) is 0 Å². The summed E-state index contributed by atoms with van der Waals surface area (Å²) in [5, 5.41) is 2.81. The highest BCUT2D eigenvalue weighted by Crippen LogP contribution is 2.17. The first-order valence-corrected chi connectivity index (χ1v) is 13.1. The molecule has 1 fully saturated rings. The first-order valence-electron chi connectivity index (χ1n) is 13.1. The molecule has 0 atom stereocenters. The van der Waals surface area contributed by atoms with Crippen LogP contribution in [0.5, 0.6) is 0 Å². The molecule has 1 aliphatic rings. The minimum atomic E-state index is -0.297. The number of piperidine rings is 1. The van der Waals surface area contributed by atoms with Crippen LogP contribution in [0, 0.1) is 0 Å². The maximum absolute atomic E-state index is 11.6. The Hall–Kier alpha value is -2.28. The summed E-state index contributed by atoms with van der Waals surface area (Å²) < 4.78 is 16.6. The highest BCUT2D eigenvalue weighted by molar-refractivity contribution is 5.67. The molecule has 1 heterocycles. The number of likely N-dealkylation sites (tertiary alicyclic amines) is 1. The third kappa shape index (κ3) is 12.8. The molecule has 1 N–H and O–H groups in total. The molecule has 1 aromatic carbocycles. The van der Waals surface area contributed by atoms with Crippen molar-refractivity contribution in [2.75, 3.05) is 39.9 Å². The largest absolute Gasteiger partial charge is 0.454 e. The molecule has 1 aromatic rings. The van der Waals surface area contributed by atoms with Crippen molar-refractivity contribution in [2.24, 2.45) is 4.99 Å². The van der Waals surface area contributed by atoms with Gasteiger partial charge in [-0.05, 0) is 44.1 Å². The zero-order valence-corrected chi connectivity index (χ0v) is 21.3. The van der Waals surface area contributed by atoms with Crippen LogP contribution in [0.15, 0.2) is 35.3 Å². The van der Waals surface area contributed by atoms with Gasteiger partial charge < -0.3 is 19.5 Å². The Balaban J connectivity index is 1.47. The number of ether oxygens (including phenoxy) is 3. The van der Waals surface area contributed by atoms with E-state index in [0.29, 0.717) is 25.8 Å². The molecule has 0 unspecified atom stereocenters. The molecule has 7 nitrogen and oxygen atoms in total. The summed E-state index contributed by atoms with van der Waals surface area (Å²) in [5.74, 6) is 0. The smallest absolute Gasteiger partial charge is 0.407 e. The van der Waals surface area contributed by atoms with Crippen LogP contribution in [-0.2, 0) is 20.8 Å². The summed E-state index contributed by atoms with van der Waals surface area (Å²) in [4.78, 5) is 18.6. The van der Waals surface area contributed by atoms with Crippen LogP contribution in [0.2, 0.25) is 0 Å². The van der Waals surface area contributed by atoms with Crippen molar-refractivity contribution in [1.29, 1.82) is 0 Å². The lowest BCUT2D eigenvalue weighted by molar-refractivity contribution is 0.0598.